The number of nitrogens with one attached hydrogen (secondary N) is 1. The zero-order valence-electron chi connectivity index (χ0n) is 19.3. The smallest absolute Gasteiger partial charge is 0.312 e. The number of unbranched alkanes of at least 4 members (excludes halogenated alkanes) is 2. The minimum Gasteiger partial charge on any atom is -0.486 e. The van der Waals surface area contributed by atoms with Crippen LogP contribution in [0.5, 0.6) is 11.5 Å². The van der Waals surface area contributed by atoms with Gasteiger partial charge in [-0.15, -0.1) is 0 Å². The predicted molar refractivity (Wildman–Crippen MR) is 129 cm³/mol. The Hall–Kier alpha value is -3.78. The van der Waals surface area contributed by atoms with Crippen LogP contribution in [0.25, 0.3) is 22.4 Å². The molecule has 5 N–H and O–H groups in total. The van der Waals surface area contributed by atoms with E-state index in [1.807, 2.05) is 18.2 Å². The maximum atomic E-state index is 14.1. The van der Waals surface area contributed by atoms with Gasteiger partial charge >= 0.3 is 6.08 Å². The summed E-state index contributed by atoms with van der Waals surface area (Å²) in [6.07, 6.45) is 2.68. The highest BCUT2D eigenvalue weighted by Gasteiger charge is 2.22. The number of halogens is 1. The first-order valence-electron chi connectivity index (χ1n) is 11.4. The van der Waals surface area contributed by atoms with Crippen molar-refractivity contribution in [3.63, 3.8) is 0 Å². The Kier molecular flexibility index (Phi) is 6.45. The highest BCUT2D eigenvalue weighted by Crippen LogP contribution is 2.38. The van der Waals surface area contributed by atoms with E-state index in [9.17, 15) is 12.8 Å². The first-order chi connectivity index (χ1) is 17.3. The average Bonchev–Trinajstić information content (AvgIpc) is 3.47. The summed E-state index contributed by atoms with van der Waals surface area (Å²) in [6.45, 7) is 1.33. The Morgan fingerprint density at radius 1 is 1.08 bits per heavy atom. The number of H-pyrrole nitrogens is 1. The number of anilines is 1. The number of aromatic nitrogens is 6. The van der Waals surface area contributed by atoms with Gasteiger partial charge < -0.3 is 19.8 Å². The highest BCUT2D eigenvalue weighted by molar-refractivity contribution is 7.89. The zero-order chi connectivity index (χ0) is 25.3. The molecule has 0 fully saturated rings. The normalized spacial score (nSPS) is 13.4. The number of nitrogens with zero attached hydrogens (tertiary/aromatic N) is 5. The zero-order valence-corrected chi connectivity index (χ0v) is 20.1. The molecule has 190 valence electrons. The van der Waals surface area contributed by atoms with Gasteiger partial charge in [-0.1, -0.05) is 6.42 Å². The molecule has 0 bridgehead atoms. The Bertz CT molecular complexity index is 1500. The van der Waals surface area contributed by atoms with E-state index in [0.29, 0.717) is 68.3 Å². The second-order valence-electron chi connectivity index (χ2n) is 8.46. The van der Waals surface area contributed by atoms with E-state index in [4.69, 9.17) is 20.3 Å². The molecule has 0 aliphatic carbocycles. The first-order valence-corrected chi connectivity index (χ1v) is 13.1. The van der Waals surface area contributed by atoms with Crippen molar-refractivity contribution in [1.29, 1.82) is 0 Å². The number of aromatic amines is 1. The second-order valence-corrected chi connectivity index (χ2v) is 10.2. The number of nitrogens with two attached hydrogens (primary N) is 2. The van der Waals surface area contributed by atoms with Gasteiger partial charge in [-0.2, -0.15) is 19.5 Å². The quantitative estimate of drug-likeness (QED) is 0.221. The topological polar surface area (TPSA) is 177 Å². The van der Waals surface area contributed by atoms with Gasteiger partial charge in [-0.25, -0.2) is 18.5 Å². The van der Waals surface area contributed by atoms with Gasteiger partial charge in [0.2, 0.25) is 10.0 Å². The summed E-state index contributed by atoms with van der Waals surface area (Å²) >= 11 is 0. The largest absolute Gasteiger partial charge is 0.486 e. The minimum atomic E-state index is -3.52. The third-order valence-electron chi connectivity index (χ3n) is 5.89. The molecule has 14 heteroatoms. The maximum absolute atomic E-state index is 14.1. The number of sulfonamides is 1. The maximum Gasteiger partial charge on any atom is 0.312 e. The molecule has 0 saturated carbocycles. The summed E-state index contributed by atoms with van der Waals surface area (Å²) in [5, 5.41) is 12.1. The fourth-order valence-electron chi connectivity index (χ4n) is 4.26. The van der Waals surface area contributed by atoms with Crippen molar-refractivity contribution < 1.29 is 22.3 Å². The summed E-state index contributed by atoms with van der Waals surface area (Å²) in [4.78, 5) is 12.2. The van der Waals surface area contributed by atoms with Crippen molar-refractivity contribution in [2.24, 2.45) is 5.14 Å². The lowest BCUT2D eigenvalue weighted by atomic mass is 10.00. The van der Waals surface area contributed by atoms with Crippen LogP contribution >= 0.6 is 0 Å². The Morgan fingerprint density at radius 3 is 2.58 bits per heavy atom. The summed E-state index contributed by atoms with van der Waals surface area (Å²) in [6, 6.07) is 5.64. The fourth-order valence-corrected chi connectivity index (χ4v) is 4.87. The van der Waals surface area contributed by atoms with Gasteiger partial charge in [-0.3, -0.25) is 5.10 Å². The van der Waals surface area contributed by atoms with Crippen LogP contribution in [0.1, 0.15) is 30.7 Å². The van der Waals surface area contributed by atoms with Gasteiger partial charge in [0.1, 0.15) is 19.0 Å². The lowest BCUT2D eigenvalue weighted by Gasteiger charge is -2.21. The molecule has 4 aromatic rings. The molecule has 12 nitrogen and oxygen atoms in total. The van der Waals surface area contributed by atoms with E-state index in [2.05, 4.69) is 25.1 Å². The molecule has 36 heavy (non-hydrogen) atoms. The van der Waals surface area contributed by atoms with E-state index < -0.39 is 16.1 Å². The molecule has 5 rings (SSSR count). The lowest BCUT2D eigenvalue weighted by Crippen LogP contribution is -2.16. The average molecular weight is 517 g/mol. The van der Waals surface area contributed by atoms with Crippen LogP contribution in [-0.2, 0) is 23.0 Å². The van der Waals surface area contributed by atoms with E-state index >= 15 is 0 Å². The van der Waals surface area contributed by atoms with Crippen molar-refractivity contribution in [1.82, 2.24) is 29.7 Å². The molecular weight excluding hydrogens is 491 g/mol. The van der Waals surface area contributed by atoms with Gasteiger partial charge in [0.25, 0.3) is 0 Å². The number of primary sulfonamides is 1. The van der Waals surface area contributed by atoms with Crippen molar-refractivity contribution >= 4 is 27.0 Å². The molecule has 0 spiro atoms. The van der Waals surface area contributed by atoms with Gasteiger partial charge in [-0.05, 0) is 36.6 Å². The number of fused-ring (bicyclic) bond motifs is 2. The van der Waals surface area contributed by atoms with Gasteiger partial charge in [0.15, 0.2) is 28.5 Å². The van der Waals surface area contributed by atoms with E-state index in [1.54, 1.807) is 10.8 Å². The van der Waals surface area contributed by atoms with E-state index in [0.717, 1.165) is 16.8 Å². The molecule has 1 aliphatic heterocycles. The van der Waals surface area contributed by atoms with Crippen LogP contribution < -0.4 is 20.3 Å². The molecule has 0 amide bonds. The number of hydrogen-bond acceptors (Lipinski definition) is 9. The second kappa shape index (κ2) is 9.70. The molecule has 3 aromatic heterocycles. The predicted octanol–water partition coefficient (Wildman–Crippen LogP) is 1.76. The molecular formula is C22H25FN8O4S. The molecule has 0 saturated heterocycles. The van der Waals surface area contributed by atoms with Crippen LogP contribution in [0.2, 0.25) is 0 Å². The Balaban J connectivity index is 1.51. The van der Waals surface area contributed by atoms with E-state index in [1.165, 1.54) is 0 Å². The Labute approximate surface area is 205 Å². The number of benzene rings is 1. The number of imidazole rings is 1. The van der Waals surface area contributed by atoms with Crippen molar-refractivity contribution in [2.75, 3.05) is 24.7 Å². The van der Waals surface area contributed by atoms with Crippen molar-refractivity contribution in [2.45, 2.75) is 32.2 Å². The highest BCUT2D eigenvalue weighted by atomic mass is 32.2. The van der Waals surface area contributed by atoms with Crippen LogP contribution in [0.4, 0.5) is 10.2 Å². The number of aryl methyl sites for hydroxylation is 1. The number of rotatable bonds is 9. The molecule has 1 aliphatic rings. The van der Waals surface area contributed by atoms with Gasteiger partial charge in [0, 0.05) is 24.7 Å². The Morgan fingerprint density at radius 2 is 1.86 bits per heavy atom. The van der Waals surface area contributed by atoms with Gasteiger partial charge in [0.05, 0.1) is 11.4 Å². The molecule has 0 unspecified atom stereocenters. The first kappa shape index (κ1) is 23.9. The summed E-state index contributed by atoms with van der Waals surface area (Å²) in [7, 11) is -3.52. The molecule has 1 aromatic carbocycles. The number of nitrogen functional groups attached to an aromatic ring is 1. The van der Waals surface area contributed by atoms with Crippen LogP contribution in [0, 0.1) is 6.08 Å². The molecule has 0 atom stereocenters. The minimum absolute atomic E-state index is 0.0531. The third kappa shape index (κ3) is 5.09. The number of hydrogen-bond donors (Lipinski definition) is 3. The standard InChI is InChI=1S/C22H25FN8O4S/c23-22-28-20(24)19-21(29-22)31(6-2-1-3-9-36(25,32)33)18(27-19)11-13-10-16-17(35-8-7-34-16)12-14(13)15-4-5-26-30-15/h4-5,10,12H,1-3,6-9,11H2,(H,26,30)(H2,24,28,29)(H2,25,32,33). The summed E-state index contributed by atoms with van der Waals surface area (Å²) in [5.41, 5.74) is 9.06. The fraction of sp³-hybridized carbons (Fsp3) is 0.364. The van der Waals surface area contributed by atoms with Crippen LogP contribution in [0.15, 0.2) is 24.4 Å². The number of ether oxygens (including phenoxy) is 2. The molecule has 4 heterocycles. The SMILES string of the molecule is Nc1nc(F)nc2c1nc(Cc1cc3c(cc1-c1ccn[nH]1)OCCO3)n2CCCCCS(N)(=O)=O. The monoisotopic (exact) mass is 516 g/mol. The lowest BCUT2D eigenvalue weighted by molar-refractivity contribution is 0.171. The van der Waals surface area contributed by atoms with Crippen LogP contribution in [0.3, 0.4) is 0 Å². The summed E-state index contributed by atoms with van der Waals surface area (Å²) < 4.78 is 49.9. The molecule has 0 radical (unpaired) electrons. The van der Waals surface area contributed by atoms with Crippen LogP contribution in [-0.4, -0.2) is 57.1 Å². The van der Waals surface area contributed by atoms with Crippen molar-refractivity contribution in [3.8, 4) is 22.8 Å². The van der Waals surface area contributed by atoms with Crippen molar-refractivity contribution in [3.05, 3.63) is 41.9 Å². The summed E-state index contributed by atoms with van der Waals surface area (Å²) in [5.74, 6) is 1.70. The third-order valence-corrected chi connectivity index (χ3v) is 6.75. The van der Waals surface area contributed by atoms with E-state index in [-0.39, 0.29) is 17.2 Å².